The van der Waals surface area contributed by atoms with E-state index in [-0.39, 0.29) is 12.2 Å². The van der Waals surface area contributed by atoms with Gasteiger partial charge < -0.3 is 14.6 Å². The van der Waals surface area contributed by atoms with Gasteiger partial charge in [0.25, 0.3) is 0 Å². The molecule has 26 heavy (non-hydrogen) atoms. The van der Waals surface area contributed by atoms with Gasteiger partial charge in [-0.25, -0.2) is 4.79 Å². The highest BCUT2D eigenvalue weighted by molar-refractivity contribution is 5.96. The third-order valence-corrected chi connectivity index (χ3v) is 4.27. The lowest BCUT2D eigenvalue weighted by Gasteiger charge is -2.29. The average Bonchev–Trinajstić information content (AvgIpc) is 2.62. The number of carbonyl (C=O) groups is 1. The van der Waals surface area contributed by atoms with Crippen molar-refractivity contribution in [3.8, 4) is 5.75 Å². The number of Topliss-reactive ketones (excluding diaryl/α,β-unsaturated/α-hetero) is 1. The standard InChI is InChI=1S/C21H18O5/c1-14(22)19-18(23)12-17(26-20(19)24)13-21(25,15-8-4-2-5-9-15)16-10-6-3-7-11-16/h2-12,23,25H,13H2,1H3. The minimum Gasteiger partial charge on any atom is -0.507 e. The zero-order chi connectivity index (χ0) is 18.7. The van der Waals surface area contributed by atoms with Crippen molar-refractivity contribution in [2.24, 2.45) is 0 Å². The van der Waals surface area contributed by atoms with Gasteiger partial charge in [-0.2, -0.15) is 0 Å². The minimum absolute atomic E-state index is 0.0766. The molecule has 0 aliphatic carbocycles. The molecule has 0 saturated heterocycles. The molecule has 1 heterocycles. The van der Waals surface area contributed by atoms with E-state index in [0.717, 1.165) is 0 Å². The molecule has 0 aliphatic heterocycles. The Labute approximate surface area is 150 Å². The highest BCUT2D eigenvalue weighted by Crippen LogP contribution is 2.33. The van der Waals surface area contributed by atoms with Gasteiger partial charge in [0, 0.05) is 12.5 Å². The number of hydrogen-bond donors (Lipinski definition) is 2. The van der Waals surface area contributed by atoms with Gasteiger partial charge in [0.05, 0.1) is 0 Å². The summed E-state index contributed by atoms with van der Waals surface area (Å²) >= 11 is 0. The summed E-state index contributed by atoms with van der Waals surface area (Å²) < 4.78 is 5.19. The van der Waals surface area contributed by atoms with Crippen LogP contribution in [0, 0.1) is 0 Å². The number of hydrogen-bond acceptors (Lipinski definition) is 5. The summed E-state index contributed by atoms with van der Waals surface area (Å²) in [6.45, 7) is 1.18. The summed E-state index contributed by atoms with van der Waals surface area (Å²) in [6, 6.07) is 19.2. The van der Waals surface area contributed by atoms with E-state index >= 15 is 0 Å². The lowest BCUT2D eigenvalue weighted by atomic mass is 9.82. The SMILES string of the molecule is CC(=O)c1c(O)cc(CC(O)(c2ccccc2)c2ccccc2)oc1=O. The van der Waals surface area contributed by atoms with Crippen LogP contribution in [-0.2, 0) is 12.0 Å². The van der Waals surface area contributed by atoms with Crippen molar-refractivity contribution in [2.45, 2.75) is 18.9 Å². The van der Waals surface area contributed by atoms with Gasteiger partial charge in [-0.3, -0.25) is 4.79 Å². The van der Waals surface area contributed by atoms with Crippen molar-refractivity contribution in [3.05, 3.63) is 99.6 Å². The monoisotopic (exact) mass is 350 g/mol. The molecule has 0 amide bonds. The molecule has 3 aromatic rings. The zero-order valence-electron chi connectivity index (χ0n) is 14.2. The Morgan fingerprint density at radius 1 is 1.00 bits per heavy atom. The van der Waals surface area contributed by atoms with Crippen LogP contribution in [0.5, 0.6) is 5.75 Å². The largest absolute Gasteiger partial charge is 0.507 e. The first-order chi connectivity index (χ1) is 12.4. The second-order valence-corrected chi connectivity index (χ2v) is 6.09. The number of aliphatic hydroxyl groups is 1. The molecule has 0 unspecified atom stereocenters. The summed E-state index contributed by atoms with van der Waals surface area (Å²) in [4.78, 5) is 23.5. The Morgan fingerprint density at radius 2 is 1.50 bits per heavy atom. The van der Waals surface area contributed by atoms with Crippen molar-refractivity contribution in [2.75, 3.05) is 0 Å². The minimum atomic E-state index is -1.47. The van der Waals surface area contributed by atoms with Gasteiger partial charge >= 0.3 is 5.63 Å². The Balaban J connectivity index is 2.11. The summed E-state index contributed by atoms with van der Waals surface area (Å²) in [5.74, 6) is -0.955. The molecule has 0 bridgehead atoms. The van der Waals surface area contributed by atoms with Crippen LogP contribution in [0.3, 0.4) is 0 Å². The molecule has 0 fully saturated rings. The molecule has 5 nitrogen and oxygen atoms in total. The maximum atomic E-state index is 12.0. The quantitative estimate of drug-likeness (QED) is 0.691. The van der Waals surface area contributed by atoms with E-state index in [1.165, 1.54) is 13.0 Å². The van der Waals surface area contributed by atoms with Crippen LogP contribution in [0.4, 0.5) is 0 Å². The second-order valence-electron chi connectivity index (χ2n) is 6.09. The van der Waals surface area contributed by atoms with Crippen LogP contribution in [0.1, 0.15) is 34.2 Å². The van der Waals surface area contributed by atoms with Gasteiger partial charge in [-0.1, -0.05) is 60.7 Å². The molecule has 0 atom stereocenters. The summed E-state index contributed by atoms with van der Waals surface area (Å²) in [5, 5.41) is 21.5. The van der Waals surface area contributed by atoms with E-state index in [1.807, 2.05) is 12.1 Å². The van der Waals surface area contributed by atoms with E-state index < -0.39 is 28.3 Å². The van der Waals surface area contributed by atoms with Gasteiger partial charge in [0.15, 0.2) is 5.78 Å². The molecule has 0 aliphatic rings. The third kappa shape index (κ3) is 3.30. The second kappa shape index (κ2) is 6.98. The van der Waals surface area contributed by atoms with Crippen molar-refractivity contribution in [1.29, 1.82) is 0 Å². The fraction of sp³-hybridized carbons (Fsp3) is 0.143. The fourth-order valence-corrected chi connectivity index (χ4v) is 2.99. The highest BCUT2D eigenvalue weighted by Gasteiger charge is 2.33. The maximum Gasteiger partial charge on any atom is 0.350 e. The molecular weight excluding hydrogens is 332 g/mol. The normalized spacial score (nSPS) is 11.3. The summed E-state index contributed by atoms with van der Waals surface area (Å²) in [6.07, 6.45) is -0.0813. The molecule has 0 spiro atoms. The fourth-order valence-electron chi connectivity index (χ4n) is 2.99. The Bertz CT molecular complexity index is 935. The maximum absolute atomic E-state index is 12.0. The van der Waals surface area contributed by atoms with Gasteiger partial charge in [0.2, 0.25) is 0 Å². The molecule has 0 radical (unpaired) electrons. The van der Waals surface area contributed by atoms with Crippen molar-refractivity contribution in [1.82, 2.24) is 0 Å². The first-order valence-corrected chi connectivity index (χ1v) is 8.12. The van der Waals surface area contributed by atoms with Gasteiger partial charge in [-0.15, -0.1) is 0 Å². The van der Waals surface area contributed by atoms with E-state index in [2.05, 4.69) is 0 Å². The zero-order valence-corrected chi connectivity index (χ0v) is 14.2. The first-order valence-electron chi connectivity index (χ1n) is 8.12. The highest BCUT2D eigenvalue weighted by atomic mass is 16.4. The predicted molar refractivity (Wildman–Crippen MR) is 96.2 cm³/mol. The van der Waals surface area contributed by atoms with Crippen LogP contribution >= 0.6 is 0 Å². The molecule has 132 valence electrons. The summed E-state index contributed by atoms with van der Waals surface area (Å²) in [7, 11) is 0. The smallest absolute Gasteiger partial charge is 0.350 e. The van der Waals surface area contributed by atoms with Crippen LogP contribution in [0.2, 0.25) is 0 Å². The van der Waals surface area contributed by atoms with E-state index in [9.17, 15) is 19.8 Å². The van der Waals surface area contributed by atoms with Crippen LogP contribution < -0.4 is 5.63 Å². The number of benzene rings is 2. The molecule has 2 aromatic carbocycles. The molecule has 2 N–H and O–H groups in total. The van der Waals surface area contributed by atoms with Crippen LogP contribution in [-0.4, -0.2) is 16.0 Å². The summed E-state index contributed by atoms with van der Waals surface area (Å²) in [5.41, 5.74) is -1.55. The average molecular weight is 350 g/mol. The molecule has 3 rings (SSSR count). The Morgan fingerprint density at radius 3 is 1.92 bits per heavy atom. The molecule has 1 aromatic heterocycles. The van der Waals surface area contributed by atoms with Gasteiger partial charge in [0.1, 0.15) is 22.7 Å². The van der Waals surface area contributed by atoms with Crippen molar-refractivity contribution >= 4 is 5.78 Å². The van der Waals surface area contributed by atoms with E-state index in [1.54, 1.807) is 48.5 Å². The predicted octanol–water partition coefficient (Wildman–Crippen LogP) is 3.03. The number of carbonyl (C=O) groups excluding carboxylic acids is 1. The van der Waals surface area contributed by atoms with Gasteiger partial charge in [-0.05, 0) is 18.1 Å². The number of rotatable bonds is 5. The lowest BCUT2D eigenvalue weighted by Crippen LogP contribution is -2.30. The van der Waals surface area contributed by atoms with Crippen LogP contribution in [0.25, 0.3) is 0 Å². The Kier molecular flexibility index (Phi) is 4.73. The van der Waals surface area contributed by atoms with E-state index in [0.29, 0.717) is 11.1 Å². The van der Waals surface area contributed by atoms with Crippen molar-refractivity contribution in [3.63, 3.8) is 0 Å². The third-order valence-electron chi connectivity index (χ3n) is 4.27. The molecule has 0 saturated carbocycles. The van der Waals surface area contributed by atoms with Crippen molar-refractivity contribution < 1.29 is 19.4 Å². The topological polar surface area (TPSA) is 87.7 Å². The van der Waals surface area contributed by atoms with Crippen LogP contribution in [0.15, 0.2) is 75.9 Å². The Hall–Kier alpha value is -3.18. The molecule has 5 heteroatoms. The number of aromatic hydroxyl groups is 1. The van der Waals surface area contributed by atoms with E-state index in [4.69, 9.17) is 4.42 Å². The lowest BCUT2D eigenvalue weighted by molar-refractivity contribution is 0.0740. The number of ketones is 1. The molecular formula is C21H18O5. The first kappa shape index (κ1) is 17.6.